The summed E-state index contributed by atoms with van der Waals surface area (Å²) in [6.45, 7) is 8.55. The lowest BCUT2D eigenvalue weighted by atomic mass is 9.91. The Morgan fingerprint density at radius 2 is 1.95 bits per heavy atom. The summed E-state index contributed by atoms with van der Waals surface area (Å²) in [4.78, 5) is 12.5. The van der Waals surface area contributed by atoms with Crippen LogP contribution in [0.2, 0.25) is 0 Å². The number of H-pyrrole nitrogens is 1. The van der Waals surface area contributed by atoms with Gasteiger partial charge in [0.2, 0.25) is 0 Å². The fourth-order valence-electron chi connectivity index (χ4n) is 4.56. The lowest BCUT2D eigenvalue weighted by Crippen LogP contribution is -2.16. The molecule has 7 heteroatoms. The van der Waals surface area contributed by atoms with Crippen LogP contribution >= 0.6 is 0 Å². The van der Waals surface area contributed by atoms with E-state index in [0.717, 1.165) is 66.6 Å². The molecule has 37 heavy (non-hydrogen) atoms. The first-order valence-corrected chi connectivity index (χ1v) is 14.7. The summed E-state index contributed by atoms with van der Waals surface area (Å²) in [6.07, 6.45) is 13.9. The maximum Gasteiger partial charge on any atom is 0.177 e. The summed E-state index contributed by atoms with van der Waals surface area (Å²) in [5.74, 6) is 0.772. The van der Waals surface area contributed by atoms with Crippen molar-refractivity contribution in [2.75, 3.05) is 12.4 Å². The van der Waals surface area contributed by atoms with Gasteiger partial charge in [-0.25, -0.2) is 18.4 Å². The van der Waals surface area contributed by atoms with Crippen LogP contribution in [-0.2, 0) is 9.84 Å². The molecule has 1 aliphatic carbocycles. The minimum absolute atomic E-state index is 0.0113. The Morgan fingerprint density at radius 3 is 2.68 bits per heavy atom. The van der Waals surface area contributed by atoms with E-state index in [1.807, 2.05) is 42.6 Å². The molecular weight excluding hydrogens is 482 g/mol. The average molecular weight is 520 g/mol. The van der Waals surface area contributed by atoms with Gasteiger partial charge in [-0.05, 0) is 68.2 Å². The van der Waals surface area contributed by atoms with Gasteiger partial charge in [0.1, 0.15) is 17.7 Å². The molecule has 0 atom stereocenters. The molecule has 6 nitrogen and oxygen atoms in total. The molecule has 2 heterocycles. The standard InChI is InChI=1S/C30H37N3O3S/c1-4-5-11-25(28-27-15-19-31-29(27)33-22-32-28)14-16-30(17-18-30)23(2)21-37(34,35)24(3)10-9-20-36-26-12-7-6-8-13-26/h6-8,10,12-15,19,22H,2,4-5,9,11,16-18,20-21H2,1,3H3,(H,31,32,33). The van der Waals surface area contributed by atoms with Crippen LogP contribution < -0.4 is 4.74 Å². The first-order chi connectivity index (χ1) is 17.8. The van der Waals surface area contributed by atoms with Crippen LogP contribution in [0.5, 0.6) is 5.75 Å². The second kappa shape index (κ2) is 11.9. The minimum Gasteiger partial charge on any atom is -0.493 e. The molecule has 0 saturated heterocycles. The maximum atomic E-state index is 13.1. The summed E-state index contributed by atoms with van der Waals surface area (Å²) < 4.78 is 31.9. The zero-order valence-electron chi connectivity index (χ0n) is 21.9. The number of aromatic nitrogens is 3. The number of rotatable bonds is 14. The van der Waals surface area contributed by atoms with E-state index in [2.05, 4.69) is 34.5 Å². The predicted octanol–water partition coefficient (Wildman–Crippen LogP) is 7.05. The van der Waals surface area contributed by atoms with E-state index in [1.54, 1.807) is 19.3 Å². The highest BCUT2D eigenvalue weighted by Crippen LogP contribution is 2.55. The molecular formula is C30H37N3O3S. The van der Waals surface area contributed by atoms with E-state index in [-0.39, 0.29) is 11.2 Å². The van der Waals surface area contributed by atoms with Crippen molar-refractivity contribution in [1.82, 2.24) is 15.0 Å². The topological polar surface area (TPSA) is 84.9 Å². The number of aromatic amines is 1. The molecule has 1 aromatic carbocycles. The third-order valence-electron chi connectivity index (χ3n) is 7.22. The van der Waals surface area contributed by atoms with Gasteiger partial charge < -0.3 is 9.72 Å². The van der Waals surface area contributed by atoms with E-state index in [1.165, 1.54) is 5.57 Å². The van der Waals surface area contributed by atoms with Crippen molar-refractivity contribution in [3.8, 4) is 5.75 Å². The third kappa shape index (κ3) is 6.77. The van der Waals surface area contributed by atoms with Crippen molar-refractivity contribution in [2.24, 2.45) is 5.41 Å². The normalized spacial score (nSPS) is 15.6. The average Bonchev–Trinajstić information content (AvgIpc) is 3.54. The largest absolute Gasteiger partial charge is 0.493 e. The summed E-state index contributed by atoms with van der Waals surface area (Å²) in [5, 5.41) is 1.02. The van der Waals surface area contributed by atoms with Gasteiger partial charge in [-0.1, -0.05) is 55.8 Å². The number of allylic oxidation sites excluding steroid dienone is 3. The van der Waals surface area contributed by atoms with E-state index in [9.17, 15) is 8.42 Å². The van der Waals surface area contributed by atoms with Crippen LogP contribution in [-0.4, -0.2) is 35.7 Å². The van der Waals surface area contributed by atoms with Gasteiger partial charge in [-0.15, -0.1) is 0 Å². The van der Waals surface area contributed by atoms with Crippen LogP contribution in [0.25, 0.3) is 16.6 Å². The summed E-state index contributed by atoms with van der Waals surface area (Å²) >= 11 is 0. The number of fused-ring (bicyclic) bond motifs is 1. The molecule has 1 aliphatic rings. The fourth-order valence-corrected chi connectivity index (χ4v) is 5.93. The van der Waals surface area contributed by atoms with Crippen molar-refractivity contribution in [3.05, 3.63) is 83.8 Å². The second-order valence-electron chi connectivity index (χ2n) is 9.91. The van der Waals surface area contributed by atoms with Crippen LogP contribution in [0.3, 0.4) is 0 Å². The van der Waals surface area contributed by atoms with Gasteiger partial charge in [0.15, 0.2) is 9.84 Å². The zero-order chi connectivity index (χ0) is 26.3. The van der Waals surface area contributed by atoms with E-state index in [0.29, 0.717) is 17.9 Å². The fraction of sp³-hybridized carbons (Fsp3) is 0.400. The molecule has 1 saturated carbocycles. The first kappa shape index (κ1) is 26.9. The van der Waals surface area contributed by atoms with E-state index in [4.69, 9.17) is 4.74 Å². The predicted molar refractivity (Wildman–Crippen MR) is 151 cm³/mol. The smallest absolute Gasteiger partial charge is 0.177 e. The number of benzene rings is 1. The number of ether oxygens (including phenoxy) is 1. The van der Waals surface area contributed by atoms with Crippen molar-refractivity contribution < 1.29 is 13.2 Å². The molecule has 4 rings (SSSR count). The van der Waals surface area contributed by atoms with Gasteiger partial charge in [-0.2, -0.15) is 0 Å². The number of sulfone groups is 1. The molecule has 196 valence electrons. The first-order valence-electron chi connectivity index (χ1n) is 13.1. The molecule has 0 unspecified atom stereocenters. The monoisotopic (exact) mass is 519 g/mol. The minimum atomic E-state index is -3.41. The second-order valence-corrected chi connectivity index (χ2v) is 12.1. The van der Waals surface area contributed by atoms with Gasteiger partial charge >= 0.3 is 0 Å². The van der Waals surface area contributed by atoms with Crippen molar-refractivity contribution in [1.29, 1.82) is 0 Å². The molecule has 2 aromatic heterocycles. The summed E-state index contributed by atoms with van der Waals surface area (Å²) in [7, 11) is -3.41. The molecule has 3 aromatic rings. The molecule has 1 fully saturated rings. The lowest BCUT2D eigenvalue weighted by molar-refractivity contribution is 0.325. The van der Waals surface area contributed by atoms with E-state index < -0.39 is 9.84 Å². The van der Waals surface area contributed by atoms with Crippen molar-refractivity contribution in [3.63, 3.8) is 0 Å². The van der Waals surface area contributed by atoms with Gasteiger partial charge in [0.05, 0.1) is 18.1 Å². The summed E-state index contributed by atoms with van der Waals surface area (Å²) in [6, 6.07) is 11.6. The third-order valence-corrected chi connectivity index (χ3v) is 9.09. The number of nitrogens with zero attached hydrogens (tertiary/aromatic N) is 2. The number of unbranched alkanes of at least 4 members (excludes halogenated alkanes) is 1. The van der Waals surface area contributed by atoms with Crippen LogP contribution in [0.1, 0.15) is 64.5 Å². The quantitative estimate of drug-likeness (QED) is 0.182. The summed E-state index contributed by atoms with van der Waals surface area (Å²) in [5.41, 5.74) is 3.66. The molecule has 0 amide bonds. The molecule has 0 radical (unpaired) electrons. The van der Waals surface area contributed by atoms with Gasteiger partial charge in [0, 0.05) is 22.9 Å². The lowest BCUT2D eigenvalue weighted by Gasteiger charge is -2.18. The van der Waals surface area contributed by atoms with E-state index >= 15 is 0 Å². The SMILES string of the molecule is C=C(CS(=O)(=O)C(C)=CCCOc1ccccc1)C1(CC=C(CCCC)c2ncnc3[nH]ccc23)CC1. The number of hydrogen-bond acceptors (Lipinski definition) is 5. The number of hydrogen-bond donors (Lipinski definition) is 1. The van der Waals surface area contributed by atoms with Gasteiger partial charge in [-0.3, -0.25) is 0 Å². The Kier molecular flexibility index (Phi) is 8.64. The highest BCUT2D eigenvalue weighted by Gasteiger charge is 2.45. The Hall–Kier alpha value is -3.19. The zero-order valence-corrected chi connectivity index (χ0v) is 22.7. The number of para-hydroxylation sites is 1. The molecule has 0 bridgehead atoms. The van der Waals surface area contributed by atoms with Crippen molar-refractivity contribution >= 4 is 26.4 Å². The Bertz CT molecular complexity index is 1380. The Labute approximate surface area is 220 Å². The Morgan fingerprint density at radius 1 is 1.16 bits per heavy atom. The van der Waals surface area contributed by atoms with Crippen LogP contribution in [0, 0.1) is 5.41 Å². The molecule has 0 aliphatic heterocycles. The molecule has 0 spiro atoms. The highest BCUT2D eigenvalue weighted by molar-refractivity contribution is 7.95. The number of nitrogens with one attached hydrogen (secondary N) is 1. The Balaban J connectivity index is 1.40. The van der Waals surface area contributed by atoms with Crippen LogP contribution in [0.15, 0.2) is 78.1 Å². The van der Waals surface area contributed by atoms with Gasteiger partial charge in [0.25, 0.3) is 0 Å². The highest BCUT2D eigenvalue weighted by atomic mass is 32.2. The van der Waals surface area contributed by atoms with Crippen molar-refractivity contribution in [2.45, 2.75) is 58.8 Å². The maximum absolute atomic E-state index is 13.1. The molecule has 1 N–H and O–H groups in total. The van der Waals surface area contributed by atoms with Crippen LogP contribution in [0.4, 0.5) is 0 Å².